The minimum Gasteiger partial charge on any atom is -0.484 e. The lowest BCUT2D eigenvalue weighted by atomic mass is 10.2. The summed E-state index contributed by atoms with van der Waals surface area (Å²) < 4.78 is 5.59. The maximum absolute atomic E-state index is 5.59. The van der Waals surface area contributed by atoms with E-state index in [1.165, 1.54) is 0 Å². The number of ether oxygens (including phenoxy) is 1. The number of pyridine rings is 1. The number of nitrogens with zero attached hydrogens (tertiary/aromatic N) is 1. The highest BCUT2D eigenvalue weighted by Crippen LogP contribution is 2.19. The lowest BCUT2D eigenvalue weighted by Gasteiger charge is -2.13. The Morgan fingerprint density at radius 2 is 2.25 bits per heavy atom. The number of fused-ring (bicyclic) bond motifs is 1. The van der Waals surface area contributed by atoms with Gasteiger partial charge < -0.3 is 10.5 Å². The molecule has 0 aliphatic carbocycles. The van der Waals surface area contributed by atoms with Crippen LogP contribution in [0.25, 0.3) is 10.9 Å². The molecular weight excluding hydrogens is 220 g/mol. The van der Waals surface area contributed by atoms with Crippen LogP contribution in [0.3, 0.4) is 0 Å². The van der Waals surface area contributed by atoms with Gasteiger partial charge in [0.25, 0.3) is 0 Å². The maximum atomic E-state index is 5.59. The smallest absolute Gasteiger partial charge is 0.145 e. The molecule has 0 bridgehead atoms. The summed E-state index contributed by atoms with van der Waals surface area (Å²) in [6.45, 7) is 1.83. The van der Waals surface area contributed by atoms with Crippen molar-refractivity contribution in [1.29, 1.82) is 0 Å². The summed E-state index contributed by atoms with van der Waals surface area (Å²) >= 11 is 4.85. The zero-order valence-electron chi connectivity index (χ0n) is 8.88. The van der Waals surface area contributed by atoms with Gasteiger partial charge in [-0.2, -0.15) is 0 Å². The van der Waals surface area contributed by atoms with Gasteiger partial charge in [-0.05, 0) is 31.2 Å². The lowest BCUT2D eigenvalue weighted by molar-refractivity contribution is 0.289. The van der Waals surface area contributed by atoms with Crippen molar-refractivity contribution in [2.75, 3.05) is 0 Å². The largest absolute Gasteiger partial charge is 0.484 e. The molecule has 2 rings (SSSR count). The number of hydrogen-bond donors (Lipinski definition) is 1. The summed E-state index contributed by atoms with van der Waals surface area (Å²) in [5.74, 6) is 0.751. The van der Waals surface area contributed by atoms with E-state index in [9.17, 15) is 0 Å². The summed E-state index contributed by atoms with van der Waals surface area (Å²) in [6.07, 6.45) is 1.50. The fourth-order valence-corrected chi connectivity index (χ4v) is 1.44. The third kappa shape index (κ3) is 2.28. The Kier molecular flexibility index (Phi) is 3.01. The number of benzene rings is 1. The second-order valence-electron chi connectivity index (χ2n) is 3.52. The van der Waals surface area contributed by atoms with E-state index in [-0.39, 0.29) is 6.10 Å². The molecule has 16 heavy (non-hydrogen) atoms. The molecule has 0 fully saturated rings. The molecule has 82 valence electrons. The average Bonchev–Trinajstić information content (AvgIpc) is 2.28. The number of aromatic nitrogens is 1. The van der Waals surface area contributed by atoms with Crippen molar-refractivity contribution in [2.45, 2.75) is 13.0 Å². The Bertz CT molecular complexity index is 527. The molecule has 0 aliphatic heterocycles. The zero-order valence-corrected chi connectivity index (χ0v) is 9.70. The Balaban J connectivity index is 2.29. The van der Waals surface area contributed by atoms with Gasteiger partial charge in [0.2, 0.25) is 0 Å². The van der Waals surface area contributed by atoms with E-state index < -0.39 is 0 Å². The standard InChI is InChI=1S/C12H12N2OS/c1-8(12(13)16)15-10-4-5-11-9(7-10)3-2-6-14-11/h2-8H,1H3,(H2,13,16). The highest BCUT2D eigenvalue weighted by molar-refractivity contribution is 7.80. The van der Waals surface area contributed by atoms with Crippen molar-refractivity contribution in [1.82, 2.24) is 4.98 Å². The Labute approximate surface area is 99.2 Å². The van der Waals surface area contributed by atoms with Crippen LogP contribution < -0.4 is 10.5 Å². The third-order valence-electron chi connectivity index (χ3n) is 2.29. The summed E-state index contributed by atoms with van der Waals surface area (Å²) in [5.41, 5.74) is 6.43. The first-order valence-corrected chi connectivity index (χ1v) is 5.38. The van der Waals surface area contributed by atoms with Crippen LogP contribution in [0, 0.1) is 0 Å². The molecule has 0 radical (unpaired) electrons. The van der Waals surface area contributed by atoms with Gasteiger partial charge in [-0.25, -0.2) is 0 Å². The minimum atomic E-state index is -0.260. The first-order chi connectivity index (χ1) is 7.66. The van der Waals surface area contributed by atoms with Crippen LogP contribution in [0.15, 0.2) is 36.5 Å². The molecule has 1 atom stereocenters. The van der Waals surface area contributed by atoms with Gasteiger partial charge in [-0.15, -0.1) is 0 Å². The Hall–Kier alpha value is -1.68. The van der Waals surface area contributed by atoms with Crippen LogP contribution in [0.4, 0.5) is 0 Å². The van der Waals surface area contributed by atoms with Crippen LogP contribution in [0.1, 0.15) is 6.92 Å². The van der Waals surface area contributed by atoms with Crippen molar-refractivity contribution in [3.63, 3.8) is 0 Å². The van der Waals surface area contributed by atoms with Crippen molar-refractivity contribution >= 4 is 28.1 Å². The third-order valence-corrected chi connectivity index (χ3v) is 2.62. The van der Waals surface area contributed by atoms with E-state index in [0.29, 0.717) is 4.99 Å². The van der Waals surface area contributed by atoms with E-state index in [2.05, 4.69) is 4.98 Å². The molecule has 2 aromatic rings. The van der Waals surface area contributed by atoms with Crippen molar-refractivity contribution in [3.8, 4) is 5.75 Å². The Morgan fingerprint density at radius 1 is 1.44 bits per heavy atom. The topological polar surface area (TPSA) is 48.1 Å². The summed E-state index contributed by atoms with van der Waals surface area (Å²) in [6, 6.07) is 9.59. The number of nitrogens with two attached hydrogens (primary N) is 1. The number of thiocarbonyl (C=S) groups is 1. The van der Waals surface area contributed by atoms with E-state index in [0.717, 1.165) is 16.7 Å². The molecule has 1 unspecified atom stereocenters. The monoisotopic (exact) mass is 232 g/mol. The van der Waals surface area contributed by atoms with E-state index in [1.807, 2.05) is 37.3 Å². The molecule has 2 N–H and O–H groups in total. The maximum Gasteiger partial charge on any atom is 0.145 e. The molecule has 0 spiro atoms. The zero-order chi connectivity index (χ0) is 11.5. The van der Waals surface area contributed by atoms with Gasteiger partial charge in [0.15, 0.2) is 0 Å². The van der Waals surface area contributed by atoms with Crippen LogP contribution in [-0.4, -0.2) is 16.1 Å². The minimum absolute atomic E-state index is 0.260. The Morgan fingerprint density at radius 3 is 3.00 bits per heavy atom. The molecule has 0 aliphatic rings. The molecule has 1 heterocycles. The lowest BCUT2D eigenvalue weighted by Crippen LogP contribution is -2.28. The van der Waals surface area contributed by atoms with Crippen LogP contribution in [0.5, 0.6) is 5.75 Å². The quantitative estimate of drug-likeness (QED) is 0.825. The summed E-state index contributed by atoms with van der Waals surface area (Å²) in [7, 11) is 0. The molecular formula is C12H12N2OS. The average molecular weight is 232 g/mol. The van der Waals surface area contributed by atoms with Gasteiger partial charge in [0.05, 0.1) is 5.52 Å². The molecule has 3 nitrogen and oxygen atoms in total. The van der Waals surface area contributed by atoms with Gasteiger partial charge in [0.1, 0.15) is 16.8 Å². The van der Waals surface area contributed by atoms with Crippen molar-refractivity contribution in [3.05, 3.63) is 36.5 Å². The number of hydrogen-bond acceptors (Lipinski definition) is 3. The normalized spacial score (nSPS) is 12.3. The van der Waals surface area contributed by atoms with E-state index >= 15 is 0 Å². The van der Waals surface area contributed by atoms with E-state index in [4.69, 9.17) is 22.7 Å². The highest BCUT2D eigenvalue weighted by atomic mass is 32.1. The highest BCUT2D eigenvalue weighted by Gasteiger charge is 2.06. The van der Waals surface area contributed by atoms with Gasteiger partial charge >= 0.3 is 0 Å². The molecule has 0 saturated carbocycles. The SMILES string of the molecule is CC(Oc1ccc2ncccc2c1)C(N)=S. The van der Waals surface area contributed by atoms with Gasteiger partial charge in [-0.3, -0.25) is 4.98 Å². The van der Waals surface area contributed by atoms with Crippen molar-refractivity contribution in [2.24, 2.45) is 5.73 Å². The predicted molar refractivity (Wildman–Crippen MR) is 68.6 cm³/mol. The van der Waals surface area contributed by atoms with Gasteiger partial charge in [0, 0.05) is 11.6 Å². The number of rotatable bonds is 3. The molecule has 0 saturated heterocycles. The molecule has 1 aromatic carbocycles. The van der Waals surface area contributed by atoms with E-state index in [1.54, 1.807) is 6.20 Å². The second-order valence-corrected chi connectivity index (χ2v) is 3.99. The first-order valence-electron chi connectivity index (χ1n) is 4.97. The first kappa shape index (κ1) is 10.8. The fraction of sp³-hybridized carbons (Fsp3) is 0.167. The van der Waals surface area contributed by atoms with Gasteiger partial charge in [-0.1, -0.05) is 18.3 Å². The molecule has 0 amide bonds. The fourth-order valence-electron chi connectivity index (χ4n) is 1.39. The van der Waals surface area contributed by atoms with Crippen molar-refractivity contribution < 1.29 is 4.74 Å². The predicted octanol–water partition coefficient (Wildman–Crippen LogP) is 2.29. The van der Waals surface area contributed by atoms with Crippen LogP contribution in [0.2, 0.25) is 0 Å². The molecule has 4 heteroatoms. The summed E-state index contributed by atoms with van der Waals surface area (Å²) in [5, 5.41) is 1.04. The summed E-state index contributed by atoms with van der Waals surface area (Å²) in [4.78, 5) is 4.58. The second kappa shape index (κ2) is 4.45. The van der Waals surface area contributed by atoms with Crippen LogP contribution >= 0.6 is 12.2 Å². The molecule has 1 aromatic heterocycles. The van der Waals surface area contributed by atoms with Crippen LogP contribution in [-0.2, 0) is 0 Å².